The van der Waals surface area contributed by atoms with Crippen molar-refractivity contribution >= 4 is 29.5 Å². The zero-order valence-corrected chi connectivity index (χ0v) is 10.9. The van der Waals surface area contributed by atoms with Gasteiger partial charge in [-0.1, -0.05) is 6.07 Å². The third kappa shape index (κ3) is 1.91. The Morgan fingerprint density at radius 2 is 1.95 bits per heavy atom. The van der Waals surface area contributed by atoms with E-state index in [-0.39, 0.29) is 23.7 Å². The normalized spacial score (nSPS) is 24.4. The number of hydrogen-bond acceptors (Lipinski definition) is 3. The topological polar surface area (TPSA) is 74.7 Å². The van der Waals surface area contributed by atoms with Crippen LogP contribution < -0.4 is 4.90 Å². The number of imide groups is 1. The molecule has 102 valence electrons. The Hall–Kier alpha value is -2.43. The van der Waals surface area contributed by atoms with Gasteiger partial charge in [0.05, 0.1) is 17.5 Å². The number of nitrogens with zero attached hydrogens (tertiary/aromatic N) is 1. The maximum Gasteiger partial charge on any atom is 0.328 e. The van der Waals surface area contributed by atoms with E-state index in [0.29, 0.717) is 12.1 Å². The van der Waals surface area contributed by atoms with E-state index in [2.05, 4.69) is 0 Å². The van der Waals surface area contributed by atoms with Gasteiger partial charge in [-0.3, -0.25) is 14.5 Å². The number of anilines is 1. The summed E-state index contributed by atoms with van der Waals surface area (Å²) in [7, 11) is 0. The lowest BCUT2D eigenvalue weighted by atomic mass is 10.1. The number of carbonyl (C=O) groups is 3. The largest absolute Gasteiger partial charge is 0.478 e. The highest BCUT2D eigenvalue weighted by atomic mass is 16.4. The second kappa shape index (κ2) is 4.30. The van der Waals surface area contributed by atoms with Gasteiger partial charge in [-0.15, -0.1) is 0 Å². The maximum absolute atomic E-state index is 12.0. The number of benzene rings is 1. The molecule has 0 spiro atoms. The molecule has 2 aliphatic rings. The van der Waals surface area contributed by atoms with Gasteiger partial charge in [-0.2, -0.15) is 0 Å². The number of aliphatic carboxylic acids is 1. The van der Waals surface area contributed by atoms with E-state index in [0.717, 1.165) is 17.2 Å². The number of carboxylic acid groups (broad SMARTS) is 1. The molecule has 2 fully saturated rings. The van der Waals surface area contributed by atoms with Crippen molar-refractivity contribution in [3.05, 3.63) is 35.4 Å². The molecule has 0 aromatic heterocycles. The van der Waals surface area contributed by atoms with E-state index in [1.807, 2.05) is 6.92 Å². The molecular formula is C15H13NO4. The summed E-state index contributed by atoms with van der Waals surface area (Å²) in [5.74, 6) is -1.48. The standard InChI is InChI=1S/C15H13NO4/c1-8-6-10(4-2-9(8)3-5-13(17)18)16-14(19)11-7-12(11)15(16)20/h2-6,11-12H,7H2,1H3,(H,17,18). The first-order chi connectivity index (χ1) is 9.49. The number of rotatable bonds is 3. The Labute approximate surface area is 115 Å². The molecule has 2 amide bonds. The van der Waals surface area contributed by atoms with Crippen LogP contribution in [-0.2, 0) is 14.4 Å². The van der Waals surface area contributed by atoms with Crippen molar-refractivity contribution in [3.63, 3.8) is 0 Å². The lowest BCUT2D eigenvalue weighted by Crippen LogP contribution is -2.32. The molecule has 1 aliphatic carbocycles. The zero-order chi connectivity index (χ0) is 14.4. The predicted molar refractivity (Wildman–Crippen MR) is 71.9 cm³/mol. The van der Waals surface area contributed by atoms with E-state index in [4.69, 9.17) is 5.11 Å². The van der Waals surface area contributed by atoms with Crippen LogP contribution in [0.5, 0.6) is 0 Å². The number of fused-ring (bicyclic) bond motifs is 1. The van der Waals surface area contributed by atoms with Crippen LogP contribution >= 0.6 is 0 Å². The molecule has 1 aromatic rings. The molecule has 3 rings (SSSR count). The van der Waals surface area contributed by atoms with E-state index < -0.39 is 5.97 Å². The second-order valence-electron chi connectivity index (χ2n) is 5.17. The molecular weight excluding hydrogens is 258 g/mol. The van der Waals surface area contributed by atoms with Gasteiger partial charge in [-0.05, 0) is 42.7 Å². The molecule has 5 nitrogen and oxygen atoms in total. The average molecular weight is 271 g/mol. The van der Waals surface area contributed by atoms with Gasteiger partial charge < -0.3 is 5.11 Å². The first-order valence-corrected chi connectivity index (χ1v) is 6.38. The minimum absolute atomic E-state index is 0.116. The number of carbonyl (C=O) groups excluding carboxylic acids is 2. The summed E-state index contributed by atoms with van der Waals surface area (Å²) in [5.41, 5.74) is 2.14. The first kappa shape index (κ1) is 12.6. The fourth-order valence-electron chi connectivity index (χ4n) is 2.58. The van der Waals surface area contributed by atoms with Crippen molar-refractivity contribution in [2.24, 2.45) is 11.8 Å². The lowest BCUT2D eigenvalue weighted by molar-refractivity contribution is -0.131. The third-order valence-electron chi connectivity index (χ3n) is 3.78. The van der Waals surface area contributed by atoms with Crippen LogP contribution in [0.1, 0.15) is 17.5 Å². The summed E-state index contributed by atoms with van der Waals surface area (Å²) in [5, 5.41) is 8.61. The number of hydrogen-bond donors (Lipinski definition) is 1. The van der Waals surface area contributed by atoms with Crippen molar-refractivity contribution in [1.29, 1.82) is 0 Å². The van der Waals surface area contributed by atoms with Crippen LogP contribution in [0.15, 0.2) is 24.3 Å². The lowest BCUT2D eigenvalue weighted by Gasteiger charge is -2.17. The number of amides is 2. The van der Waals surface area contributed by atoms with Gasteiger partial charge in [0.1, 0.15) is 0 Å². The Kier molecular flexibility index (Phi) is 2.71. The third-order valence-corrected chi connectivity index (χ3v) is 3.78. The van der Waals surface area contributed by atoms with Crippen molar-refractivity contribution in [2.45, 2.75) is 13.3 Å². The molecule has 20 heavy (non-hydrogen) atoms. The SMILES string of the molecule is Cc1cc(N2C(=O)C3CC3C2=O)ccc1C=CC(=O)O. The molecule has 1 saturated heterocycles. The highest BCUT2D eigenvalue weighted by Crippen LogP contribution is 2.48. The maximum atomic E-state index is 12.0. The predicted octanol–water partition coefficient (Wildman–Crippen LogP) is 1.60. The minimum Gasteiger partial charge on any atom is -0.478 e. The Morgan fingerprint density at radius 3 is 2.50 bits per heavy atom. The molecule has 2 unspecified atom stereocenters. The van der Waals surface area contributed by atoms with Crippen molar-refractivity contribution < 1.29 is 19.5 Å². The first-order valence-electron chi connectivity index (χ1n) is 6.38. The highest BCUT2D eigenvalue weighted by molar-refractivity contribution is 6.24. The smallest absolute Gasteiger partial charge is 0.328 e. The fourth-order valence-corrected chi connectivity index (χ4v) is 2.58. The van der Waals surface area contributed by atoms with Gasteiger partial charge in [-0.25, -0.2) is 4.79 Å². The Morgan fingerprint density at radius 1 is 1.30 bits per heavy atom. The molecule has 5 heteroatoms. The van der Waals surface area contributed by atoms with Gasteiger partial charge in [0.15, 0.2) is 0 Å². The van der Waals surface area contributed by atoms with Crippen LogP contribution in [0, 0.1) is 18.8 Å². The molecule has 1 aliphatic heterocycles. The molecule has 2 atom stereocenters. The number of piperidine rings is 1. The quantitative estimate of drug-likeness (QED) is 0.669. The summed E-state index contributed by atoms with van der Waals surface area (Å²) in [4.78, 5) is 35.7. The van der Waals surface area contributed by atoms with Gasteiger partial charge in [0, 0.05) is 6.08 Å². The minimum atomic E-state index is -1.02. The summed E-state index contributed by atoms with van der Waals surface area (Å²) in [6.45, 7) is 1.82. The van der Waals surface area contributed by atoms with Crippen LogP contribution in [0.3, 0.4) is 0 Å². The van der Waals surface area contributed by atoms with E-state index in [1.165, 1.54) is 11.0 Å². The van der Waals surface area contributed by atoms with Crippen LogP contribution in [0.4, 0.5) is 5.69 Å². The summed E-state index contributed by atoms with van der Waals surface area (Å²) in [6, 6.07) is 5.13. The number of carboxylic acids is 1. The zero-order valence-electron chi connectivity index (χ0n) is 10.9. The van der Waals surface area contributed by atoms with E-state index in [9.17, 15) is 14.4 Å². The van der Waals surface area contributed by atoms with E-state index >= 15 is 0 Å². The average Bonchev–Trinajstić information content (AvgIpc) is 3.13. The molecule has 0 bridgehead atoms. The molecule has 1 aromatic carbocycles. The summed E-state index contributed by atoms with van der Waals surface area (Å²) in [6.07, 6.45) is 3.24. The van der Waals surface area contributed by atoms with E-state index in [1.54, 1.807) is 18.2 Å². The number of aryl methyl sites for hydroxylation is 1. The van der Waals surface area contributed by atoms with Gasteiger partial charge in [0.2, 0.25) is 11.8 Å². The van der Waals surface area contributed by atoms with Crippen LogP contribution in [-0.4, -0.2) is 22.9 Å². The molecule has 1 N–H and O–H groups in total. The van der Waals surface area contributed by atoms with Crippen LogP contribution in [0.2, 0.25) is 0 Å². The van der Waals surface area contributed by atoms with Gasteiger partial charge in [0.25, 0.3) is 0 Å². The van der Waals surface area contributed by atoms with Crippen LogP contribution in [0.25, 0.3) is 6.08 Å². The van der Waals surface area contributed by atoms with Crippen molar-refractivity contribution in [3.8, 4) is 0 Å². The molecule has 1 saturated carbocycles. The molecule has 1 heterocycles. The second-order valence-corrected chi connectivity index (χ2v) is 5.17. The summed E-state index contributed by atoms with van der Waals surface area (Å²) >= 11 is 0. The fraction of sp³-hybridized carbons (Fsp3) is 0.267. The van der Waals surface area contributed by atoms with Crippen molar-refractivity contribution in [1.82, 2.24) is 0 Å². The molecule has 0 radical (unpaired) electrons. The van der Waals surface area contributed by atoms with Gasteiger partial charge >= 0.3 is 5.97 Å². The Balaban J connectivity index is 1.89. The Bertz CT molecular complexity index is 642. The summed E-state index contributed by atoms with van der Waals surface area (Å²) < 4.78 is 0. The highest BCUT2D eigenvalue weighted by Gasteiger charge is 2.59. The monoisotopic (exact) mass is 271 g/mol. The van der Waals surface area contributed by atoms with Crippen molar-refractivity contribution in [2.75, 3.05) is 4.90 Å².